The normalized spacial score (nSPS) is 17.3. The van der Waals surface area contributed by atoms with E-state index in [0.29, 0.717) is 10.2 Å². The summed E-state index contributed by atoms with van der Waals surface area (Å²) in [6.07, 6.45) is 3.58. The summed E-state index contributed by atoms with van der Waals surface area (Å²) in [5.41, 5.74) is 4.36. The molecule has 0 spiro atoms. The lowest BCUT2D eigenvalue weighted by molar-refractivity contribution is 0.218. The first-order chi connectivity index (χ1) is 12.4. The largest absolute Gasteiger partial charge is 0.296 e. The van der Waals surface area contributed by atoms with Crippen LogP contribution in [-0.4, -0.2) is 14.8 Å². The quantitative estimate of drug-likeness (QED) is 0.574. The fourth-order valence-electron chi connectivity index (χ4n) is 3.88. The van der Waals surface area contributed by atoms with Crippen LogP contribution in [0.4, 0.5) is 0 Å². The van der Waals surface area contributed by atoms with Gasteiger partial charge in [0.1, 0.15) is 0 Å². The van der Waals surface area contributed by atoms with Crippen molar-refractivity contribution in [1.29, 1.82) is 0 Å². The van der Waals surface area contributed by atoms with Gasteiger partial charge < -0.3 is 0 Å². The second kappa shape index (κ2) is 6.78. The van der Waals surface area contributed by atoms with Crippen molar-refractivity contribution in [1.82, 2.24) is 14.8 Å². The summed E-state index contributed by atoms with van der Waals surface area (Å²) < 4.78 is 2.82. The van der Waals surface area contributed by atoms with Crippen molar-refractivity contribution in [3.63, 3.8) is 0 Å². The summed E-state index contributed by atoms with van der Waals surface area (Å²) in [6, 6.07) is 10.4. The third kappa shape index (κ3) is 3.30. The molecule has 1 atom stereocenters. The second-order valence-corrected chi connectivity index (χ2v) is 9.63. The van der Waals surface area contributed by atoms with Crippen LogP contribution in [0.2, 0.25) is 0 Å². The van der Waals surface area contributed by atoms with Crippen LogP contribution >= 0.6 is 23.6 Å². The number of thiophene rings is 1. The molecule has 136 valence electrons. The summed E-state index contributed by atoms with van der Waals surface area (Å²) in [7, 11) is 0. The Kier molecular flexibility index (Phi) is 4.61. The number of rotatable bonds is 3. The van der Waals surface area contributed by atoms with Crippen LogP contribution in [0.3, 0.4) is 0 Å². The highest BCUT2D eigenvalue weighted by Crippen LogP contribution is 2.42. The minimum absolute atomic E-state index is 0.370. The lowest BCUT2D eigenvalue weighted by atomic mass is 9.72. The number of H-pyrrole nitrogens is 1. The molecule has 4 rings (SSSR count). The highest BCUT2D eigenvalue weighted by molar-refractivity contribution is 7.71. The predicted molar refractivity (Wildman–Crippen MR) is 111 cm³/mol. The van der Waals surface area contributed by atoms with Gasteiger partial charge in [-0.15, -0.1) is 11.3 Å². The highest BCUT2D eigenvalue weighted by Gasteiger charge is 2.31. The molecule has 3 aromatic rings. The molecule has 0 radical (unpaired) electrons. The van der Waals surface area contributed by atoms with E-state index in [1.807, 2.05) is 17.4 Å². The van der Waals surface area contributed by atoms with Gasteiger partial charge in [-0.3, -0.25) is 9.67 Å². The summed E-state index contributed by atoms with van der Waals surface area (Å²) in [5.74, 6) is 1.73. The van der Waals surface area contributed by atoms with Gasteiger partial charge in [0.2, 0.25) is 0 Å². The van der Waals surface area contributed by atoms with Gasteiger partial charge in [0.25, 0.3) is 0 Å². The molecule has 3 nitrogen and oxygen atoms in total. The van der Waals surface area contributed by atoms with Crippen LogP contribution in [-0.2, 0) is 19.4 Å². The van der Waals surface area contributed by atoms with Crippen LogP contribution < -0.4 is 0 Å². The summed E-state index contributed by atoms with van der Waals surface area (Å²) in [5, 5.41) is 9.87. The molecule has 0 aliphatic heterocycles. The molecular formula is C21H25N3S2. The lowest BCUT2D eigenvalue weighted by Crippen LogP contribution is -2.26. The zero-order chi connectivity index (χ0) is 18.3. The molecule has 2 aromatic heterocycles. The topological polar surface area (TPSA) is 33.6 Å². The third-order valence-electron chi connectivity index (χ3n) is 5.56. The van der Waals surface area contributed by atoms with Crippen molar-refractivity contribution in [3.05, 3.63) is 56.5 Å². The fraction of sp³-hybridized carbons (Fsp3) is 0.429. The molecule has 0 fully saturated rings. The summed E-state index contributed by atoms with van der Waals surface area (Å²) in [4.78, 5) is 1.53. The molecule has 2 heterocycles. The molecule has 0 bridgehead atoms. The second-order valence-electron chi connectivity index (χ2n) is 8.28. The van der Waals surface area contributed by atoms with Crippen molar-refractivity contribution < 1.29 is 0 Å². The van der Waals surface area contributed by atoms with E-state index in [9.17, 15) is 0 Å². The van der Waals surface area contributed by atoms with Crippen LogP contribution in [0.15, 0.2) is 35.7 Å². The minimum Gasteiger partial charge on any atom is -0.296 e. The van der Waals surface area contributed by atoms with E-state index < -0.39 is 0 Å². The Hall–Kier alpha value is -1.72. The Morgan fingerprint density at radius 1 is 1.27 bits per heavy atom. The van der Waals surface area contributed by atoms with Gasteiger partial charge >= 0.3 is 0 Å². The van der Waals surface area contributed by atoms with Gasteiger partial charge in [0.15, 0.2) is 10.6 Å². The number of nitrogens with zero attached hydrogens (tertiary/aromatic N) is 2. The maximum absolute atomic E-state index is 5.52. The maximum atomic E-state index is 5.52. The molecule has 1 N–H and O–H groups in total. The number of aromatic nitrogens is 3. The Morgan fingerprint density at radius 2 is 2.04 bits per heavy atom. The van der Waals surface area contributed by atoms with Gasteiger partial charge in [0.05, 0.1) is 6.54 Å². The zero-order valence-corrected chi connectivity index (χ0v) is 17.2. The van der Waals surface area contributed by atoms with E-state index in [0.717, 1.165) is 24.7 Å². The first-order valence-corrected chi connectivity index (χ1v) is 10.5. The van der Waals surface area contributed by atoms with E-state index in [1.165, 1.54) is 34.4 Å². The molecule has 1 aromatic carbocycles. The van der Waals surface area contributed by atoms with Gasteiger partial charge in [-0.05, 0) is 53.9 Å². The van der Waals surface area contributed by atoms with Crippen molar-refractivity contribution in [2.45, 2.75) is 46.6 Å². The van der Waals surface area contributed by atoms with Gasteiger partial charge in [-0.1, -0.05) is 51.1 Å². The van der Waals surface area contributed by atoms with Crippen molar-refractivity contribution in [2.75, 3.05) is 0 Å². The van der Waals surface area contributed by atoms with Crippen LogP contribution in [0.5, 0.6) is 0 Å². The van der Waals surface area contributed by atoms with E-state index >= 15 is 0 Å². The Bertz CT molecular complexity index is 957. The molecule has 5 heteroatoms. The number of hydrogen-bond donors (Lipinski definition) is 1. The van der Waals surface area contributed by atoms with Crippen LogP contribution in [0.25, 0.3) is 11.4 Å². The zero-order valence-electron chi connectivity index (χ0n) is 15.6. The van der Waals surface area contributed by atoms with Crippen LogP contribution in [0, 0.1) is 16.1 Å². The van der Waals surface area contributed by atoms with Crippen molar-refractivity contribution in [2.24, 2.45) is 11.3 Å². The Morgan fingerprint density at radius 3 is 2.77 bits per heavy atom. The van der Waals surface area contributed by atoms with Crippen LogP contribution in [0.1, 0.15) is 43.2 Å². The lowest BCUT2D eigenvalue weighted by Gasteiger charge is -2.34. The Labute approximate surface area is 164 Å². The first kappa shape index (κ1) is 17.7. The van der Waals surface area contributed by atoms with Crippen molar-refractivity contribution >= 4 is 23.6 Å². The fourth-order valence-corrected chi connectivity index (χ4v) is 5.23. The number of aromatic amines is 1. The number of fused-ring (bicyclic) bond motifs is 1. The number of hydrogen-bond acceptors (Lipinski definition) is 3. The van der Waals surface area contributed by atoms with Gasteiger partial charge in [-0.2, -0.15) is 5.10 Å². The third-order valence-corrected chi connectivity index (χ3v) is 6.93. The first-order valence-electron chi connectivity index (χ1n) is 9.22. The van der Waals surface area contributed by atoms with Gasteiger partial charge in [0, 0.05) is 15.8 Å². The highest BCUT2D eigenvalue weighted by atomic mass is 32.1. The standard InChI is InChI=1S/C21H25N3S2/c1-21(2,3)15-9-10-16-17(13-26-18(16)11-15)19-22-23-20(25)24(19)12-14-7-5-4-6-8-14/h4-8,13,15H,9-12H2,1-3H3,(H,23,25)/t15-/m1/s1. The molecule has 0 saturated carbocycles. The van der Waals surface area contributed by atoms with E-state index in [2.05, 4.69) is 65.2 Å². The smallest absolute Gasteiger partial charge is 0.195 e. The number of nitrogens with one attached hydrogen (secondary N) is 1. The average Bonchev–Trinajstić information content (AvgIpc) is 3.18. The van der Waals surface area contributed by atoms with Crippen molar-refractivity contribution in [3.8, 4) is 11.4 Å². The monoisotopic (exact) mass is 383 g/mol. The predicted octanol–water partition coefficient (Wildman–Crippen LogP) is 5.87. The molecule has 0 amide bonds. The molecule has 1 aliphatic carbocycles. The molecule has 1 aliphatic rings. The Balaban J connectivity index is 1.69. The molecule has 0 saturated heterocycles. The minimum atomic E-state index is 0.370. The number of benzene rings is 1. The van der Waals surface area contributed by atoms with E-state index in [-0.39, 0.29) is 0 Å². The summed E-state index contributed by atoms with van der Waals surface area (Å²) in [6.45, 7) is 7.84. The van der Waals surface area contributed by atoms with E-state index in [4.69, 9.17) is 12.2 Å². The van der Waals surface area contributed by atoms with E-state index in [1.54, 1.807) is 0 Å². The molecule has 0 unspecified atom stereocenters. The average molecular weight is 384 g/mol. The SMILES string of the molecule is CC(C)(C)[C@@H]1CCc2c(-c3n[nH]c(=S)n3Cc3ccccc3)csc2C1. The maximum Gasteiger partial charge on any atom is 0.195 e. The molecular weight excluding hydrogens is 358 g/mol. The van der Waals surface area contributed by atoms with Gasteiger partial charge in [-0.25, -0.2) is 0 Å². The molecule has 26 heavy (non-hydrogen) atoms. The summed E-state index contributed by atoms with van der Waals surface area (Å²) >= 11 is 7.41.